The van der Waals surface area contributed by atoms with Gasteiger partial charge >= 0.3 is 12.0 Å². The number of terminal acetylenes is 1. The third-order valence-electron chi connectivity index (χ3n) is 3.59. The SMILES string of the molecule is C#CC(CCC)NC(=O)N1CC(C(=O)O)c2ccccc21. The van der Waals surface area contributed by atoms with Gasteiger partial charge in [0.2, 0.25) is 0 Å². The van der Waals surface area contributed by atoms with Gasteiger partial charge in [0.25, 0.3) is 0 Å². The molecule has 0 radical (unpaired) electrons. The maximum Gasteiger partial charge on any atom is 0.322 e. The summed E-state index contributed by atoms with van der Waals surface area (Å²) in [5.41, 5.74) is 1.29. The fourth-order valence-electron chi connectivity index (χ4n) is 2.52. The number of amides is 2. The van der Waals surface area contributed by atoms with Crippen molar-refractivity contribution in [2.45, 2.75) is 31.7 Å². The molecule has 2 amide bonds. The number of benzene rings is 1. The number of urea groups is 1. The number of para-hydroxylation sites is 1. The standard InChI is InChI=1S/C16H18N2O3/c1-3-7-11(4-2)17-16(21)18-10-13(15(19)20)12-8-5-6-9-14(12)18/h2,5-6,8-9,11,13H,3,7,10H2,1H3,(H,17,21)(H,19,20). The van der Waals surface area contributed by atoms with Crippen LogP contribution >= 0.6 is 0 Å². The van der Waals surface area contributed by atoms with Crippen molar-refractivity contribution in [3.8, 4) is 12.3 Å². The monoisotopic (exact) mass is 286 g/mol. The highest BCUT2D eigenvalue weighted by atomic mass is 16.4. The minimum Gasteiger partial charge on any atom is -0.481 e. The van der Waals surface area contributed by atoms with E-state index in [0.29, 0.717) is 17.7 Å². The lowest BCUT2D eigenvalue weighted by molar-refractivity contribution is -0.138. The summed E-state index contributed by atoms with van der Waals surface area (Å²) in [5.74, 6) is 0.917. The summed E-state index contributed by atoms with van der Waals surface area (Å²) in [5, 5.41) is 12.0. The summed E-state index contributed by atoms with van der Waals surface area (Å²) < 4.78 is 0. The van der Waals surface area contributed by atoms with Gasteiger partial charge in [-0.1, -0.05) is 37.5 Å². The number of carbonyl (C=O) groups is 2. The van der Waals surface area contributed by atoms with Gasteiger partial charge in [0.05, 0.1) is 6.04 Å². The van der Waals surface area contributed by atoms with Gasteiger partial charge in [0.1, 0.15) is 5.92 Å². The molecule has 2 N–H and O–H groups in total. The molecule has 1 aliphatic rings. The number of hydrogen-bond acceptors (Lipinski definition) is 2. The van der Waals surface area contributed by atoms with Crippen LogP contribution in [0.3, 0.4) is 0 Å². The van der Waals surface area contributed by atoms with Gasteiger partial charge in [-0.3, -0.25) is 9.69 Å². The van der Waals surface area contributed by atoms with Crippen LogP contribution in [0.1, 0.15) is 31.2 Å². The van der Waals surface area contributed by atoms with Crippen LogP contribution in [0.2, 0.25) is 0 Å². The fraction of sp³-hybridized carbons (Fsp3) is 0.375. The van der Waals surface area contributed by atoms with Crippen LogP contribution in [0, 0.1) is 12.3 Å². The normalized spacial score (nSPS) is 17.7. The van der Waals surface area contributed by atoms with E-state index in [1.165, 1.54) is 4.90 Å². The second-order valence-corrected chi connectivity index (χ2v) is 5.02. The molecule has 5 heteroatoms. The molecule has 0 bridgehead atoms. The van der Waals surface area contributed by atoms with Crippen LogP contribution < -0.4 is 10.2 Å². The smallest absolute Gasteiger partial charge is 0.322 e. The van der Waals surface area contributed by atoms with Crippen LogP contribution in [-0.2, 0) is 4.79 Å². The summed E-state index contributed by atoms with van der Waals surface area (Å²) >= 11 is 0. The van der Waals surface area contributed by atoms with Gasteiger partial charge in [-0.25, -0.2) is 4.79 Å². The molecule has 1 aromatic rings. The van der Waals surface area contributed by atoms with Gasteiger partial charge in [-0.05, 0) is 18.1 Å². The number of anilines is 1. The van der Waals surface area contributed by atoms with Crippen LogP contribution in [-0.4, -0.2) is 29.7 Å². The third-order valence-corrected chi connectivity index (χ3v) is 3.59. The second-order valence-electron chi connectivity index (χ2n) is 5.02. The predicted octanol–water partition coefficient (Wildman–Crippen LogP) is 2.19. The molecule has 2 atom stereocenters. The molecule has 1 heterocycles. The maximum absolute atomic E-state index is 12.3. The molecule has 5 nitrogen and oxygen atoms in total. The number of hydrogen-bond donors (Lipinski definition) is 2. The van der Waals surface area contributed by atoms with Gasteiger partial charge in [-0.15, -0.1) is 6.42 Å². The Hall–Kier alpha value is -2.48. The lowest BCUT2D eigenvalue weighted by Crippen LogP contribution is -2.44. The second kappa shape index (κ2) is 6.31. The first-order chi connectivity index (χ1) is 10.1. The molecular weight excluding hydrogens is 268 g/mol. The molecule has 0 saturated heterocycles. The topological polar surface area (TPSA) is 69.6 Å². The van der Waals surface area contributed by atoms with E-state index in [4.69, 9.17) is 6.42 Å². The minimum atomic E-state index is -0.931. The molecular formula is C16H18N2O3. The van der Waals surface area contributed by atoms with Gasteiger partial charge in [0, 0.05) is 12.2 Å². The van der Waals surface area contributed by atoms with Crippen molar-refractivity contribution in [2.24, 2.45) is 0 Å². The Kier molecular flexibility index (Phi) is 4.49. The molecule has 2 rings (SSSR count). The van der Waals surface area contributed by atoms with Gasteiger partial charge in [-0.2, -0.15) is 0 Å². The molecule has 1 aliphatic heterocycles. The van der Waals surface area contributed by atoms with Crippen LogP contribution in [0.15, 0.2) is 24.3 Å². The maximum atomic E-state index is 12.3. The number of rotatable bonds is 4. The Balaban J connectivity index is 2.20. The molecule has 0 saturated carbocycles. The van der Waals surface area contributed by atoms with E-state index >= 15 is 0 Å². The molecule has 0 aromatic heterocycles. The van der Waals surface area contributed by atoms with Crippen LogP contribution in [0.25, 0.3) is 0 Å². The van der Waals surface area contributed by atoms with E-state index in [1.807, 2.05) is 6.92 Å². The zero-order valence-corrected chi connectivity index (χ0v) is 11.9. The summed E-state index contributed by atoms with van der Waals surface area (Å²) in [6.07, 6.45) is 6.96. The van der Waals surface area contributed by atoms with Crippen LogP contribution in [0.4, 0.5) is 10.5 Å². The van der Waals surface area contributed by atoms with E-state index < -0.39 is 11.9 Å². The summed E-state index contributed by atoms with van der Waals surface area (Å²) in [6.45, 7) is 2.12. The Bertz CT molecular complexity index is 591. The van der Waals surface area contributed by atoms with Gasteiger partial charge < -0.3 is 10.4 Å². The van der Waals surface area contributed by atoms with Gasteiger partial charge in [0.15, 0.2) is 0 Å². The van der Waals surface area contributed by atoms with E-state index in [9.17, 15) is 14.7 Å². The fourth-order valence-corrected chi connectivity index (χ4v) is 2.52. The van der Waals surface area contributed by atoms with E-state index in [-0.39, 0.29) is 18.6 Å². The van der Waals surface area contributed by atoms with E-state index in [0.717, 1.165) is 6.42 Å². The summed E-state index contributed by atoms with van der Waals surface area (Å²) in [4.78, 5) is 25.1. The van der Waals surface area contributed by atoms with Crippen molar-refractivity contribution < 1.29 is 14.7 Å². The summed E-state index contributed by atoms with van der Waals surface area (Å²) in [6, 6.07) is 6.38. The first kappa shape index (κ1) is 14.9. The lowest BCUT2D eigenvalue weighted by atomic mass is 10.0. The number of carbonyl (C=O) groups excluding carboxylic acids is 1. The van der Waals surface area contributed by atoms with Crippen molar-refractivity contribution in [3.63, 3.8) is 0 Å². The Labute approximate surface area is 124 Å². The summed E-state index contributed by atoms with van der Waals surface area (Å²) in [7, 11) is 0. The first-order valence-electron chi connectivity index (χ1n) is 6.94. The van der Waals surface area contributed by atoms with Crippen molar-refractivity contribution >= 4 is 17.7 Å². The molecule has 21 heavy (non-hydrogen) atoms. The Morgan fingerprint density at radius 2 is 2.24 bits per heavy atom. The quantitative estimate of drug-likeness (QED) is 0.834. The molecule has 110 valence electrons. The van der Waals surface area contributed by atoms with Crippen molar-refractivity contribution in [2.75, 3.05) is 11.4 Å². The third kappa shape index (κ3) is 3.00. The average molecular weight is 286 g/mol. The molecule has 0 spiro atoms. The number of aliphatic carboxylic acids is 1. The predicted molar refractivity (Wildman–Crippen MR) is 80.2 cm³/mol. The highest BCUT2D eigenvalue weighted by Gasteiger charge is 2.36. The molecule has 0 aliphatic carbocycles. The molecule has 2 unspecified atom stereocenters. The zero-order chi connectivity index (χ0) is 15.4. The Morgan fingerprint density at radius 1 is 1.52 bits per heavy atom. The number of nitrogens with zero attached hydrogens (tertiary/aromatic N) is 1. The number of carboxylic acids is 1. The highest BCUT2D eigenvalue weighted by Crippen LogP contribution is 2.36. The van der Waals surface area contributed by atoms with E-state index in [1.54, 1.807) is 24.3 Å². The number of fused-ring (bicyclic) bond motifs is 1. The number of carboxylic acid groups (broad SMARTS) is 1. The Morgan fingerprint density at radius 3 is 2.86 bits per heavy atom. The molecule has 1 aromatic carbocycles. The van der Waals surface area contributed by atoms with Crippen molar-refractivity contribution in [1.29, 1.82) is 0 Å². The van der Waals surface area contributed by atoms with Crippen molar-refractivity contribution in [3.05, 3.63) is 29.8 Å². The zero-order valence-electron chi connectivity index (χ0n) is 11.9. The number of nitrogens with one attached hydrogen (secondary N) is 1. The van der Waals surface area contributed by atoms with Crippen LogP contribution in [0.5, 0.6) is 0 Å². The first-order valence-corrected chi connectivity index (χ1v) is 6.94. The van der Waals surface area contributed by atoms with E-state index in [2.05, 4.69) is 11.2 Å². The minimum absolute atomic E-state index is 0.129. The lowest BCUT2D eigenvalue weighted by Gasteiger charge is -2.21. The largest absolute Gasteiger partial charge is 0.481 e. The highest BCUT2D eigenvalue weighted by molar-refractivity contribution is 5.98. The average Bonchev–Trinajstić information content (AvgIpc) is 2.86. The molecule has 0 fully saturated rings. The van der Waals surface area contributed by atoms with Crippen molar-refractivity contribution in [1.82, 2.24) is 5.32 Å².